The summed E-state index contributed by atoms with van der Waals surface area (Å²) in [7, 11) is -3.32. The van der Waals surface area contributed by atoms with Crippen molar-refractivity contribution in [1.29, 1.82) is 0 Å². The third-order valence-corrected chi connectivity index (χ3v) is 4.64. The first-order valence-corrected chi connectivity index (χ1v) is 8.05. The minimum absolute atomic E-state index is 0.0782. The Bertz CT molecular complexity index is 627. The van der Waals surface area contributed by atoms with Crippen LogP contribution in [0.3, 0.4) is 0 Å². The van der Waals surface area contributed by atoms with Gasteiger partial charge in [0.15, 0.2) is 9.84 Å². The Morgan fingerprint density at radius 1 is 1.11 bits per heavy atom. The highest BCUT2D eigenvalue weighted by Gasteiger charge is 2.14. The van der Waals surface area contributed by atoms with E-state index in [2.05, 4.69) is 20.9 Å². The average molecular weight is 342 g/mol. The number of ether oxygens (including phenoxy) is 1. The maximum Gasteiger partial charge on any atom is 0.213 e. The molecule has 0 amide bonds. The van der Waals surface area contributed by atoms with Crippen molar-refractivity contribution >= 4 is 25.8 Å². The number of hydrogen-bond donors (Lipinski definition) is 0. The predicted molar refractivity (Wildman–Crippen MR) is 75.9 cm³/mol. The van der Waals surface area contributed by atoms with Crippen molar-refractivity contribution in [2.45, 2.75) is 4.90 Å². The van der Waals surface area contributed by atoms with Gasteiger partial charge < -0.3 is 4.74 Å². The second-order valence-corrected chi connectivity index (χ2v) is 6.81. The highest BCUT2D eigenvalue weighted by atomic mass is 79.9. The first-order valence-electron chi connectivity index (χ1n) is 5.60. The van der Waals surface area contributed by atoms with Crippen molar-refractivity contribution in [2.75, 3.05) is 12.4 Å². The summed E-state index contributed by atoms with van der Waals surface area (Å²) < 4.78 is 30.2. The molecular formula is C13H12BrNO3S. The number of pyridine rings is 1. The summed E-state index contributed by atoms with van der Waals surface area (Å²) in [5, 5.41) is 0. The van der Waals surface area contributed by atoms with Crippen LogP contribution in [0.1, 0.15) is 0 Å². The van der Waals surface area contributed by atoms with E-state index < -0.39 is 9.84 Å². The van der Waals surface area contributed by atoms with Crippen molar-refractivity contribution in [3.8, 4) is 5.88 Å². The molecule has 0 bridgehead atoms. The van der Waals surface area contributed by atoms with E-state index in [4.69, 9.17) is 4.74 Å². The Morgan fingerprint density at radius 2 is 1.84 bits per heavy atom. The van der Waals surface area contributed by atoms with Crippen LogP contribution in [0.15, 0.2) is 58.0 Å². The van der Waals surface area contributed by atoms with Crippen LogP contribution in [-0.4, -0.2) is 25.8 Å². The Kier molecular flexibility index (Phi) is 4.55. The fourth-order valence-electron chi connectivity index (χ4n) is 1.45. The van der Waals surface area contributed by atoms with Gasteiger partial charge in [-0.05, 0) is 30.3 Å². The zero-order chi connectivity index (χ0) is 13.7. The molecule has 1 aromatic heterocycles. The fourth-order valence-corrected chi connectivity index (χ4v) is 2.80. The summed E-state index contributed by atoms with van der Waals surface area (Å²) in [4.78, 5) is 4.25. The lowest BCUT2D eigenvalue weighted by Gasteiger charge is -2.06. The van der Waals surface area contributed by atoms with E-state index in [1.54, 1.807) is 48.7 Å². The van der Waals surface area contributed by atoms with E-state index in [9.17, 15) is 8.42 Å². The lowest BCUT2D eigenvalue weighted by Crippen LogP contribution is -2.14. The summed E-state index contributed by atoms with van der Waals surface area (Å²) >= 11 is 3.27. The molecule has 0 atom stereocenters. The number of aromatic nitrogens is 1. The number of nitrogens with zero attached hydrogens (tertiary/aromatic N) is 1. The quantitative estimate of drug-likeness (QED) is 0.838. The van der Waals surface area contributed by atoms with Crippen molar-refractivity contribution in [2.24, 2.45) is 0 Å². The lowest BCUT2D eigenvalue weighted by molar-refractivity contribution is 0.327. The molecule has 0 spiro atoms. The summed E-state index contributed by atoms with van der Waals surface area (Å²) in [6.45, 7) is 0.0788. The van der Waals surface area contributed by atoms with Gasteiger partial charge in [0, 0.05) is 16.7 Å². The van der Waals surface area contributed by atoms with Gasteiger partial charge in [0.25, 0.3) is 0 Å². The van der Waals surface area contributed by atoms with Gasteiger partial charge in [0.1, 0.15) is 6.61 Å². The van der Waals surface area contributed by atoms with Crippen LogP contribution in [-0.2, 0) is 9.84 Å². The molecule has 2 rings (SSSR count). The topological polar surface area (TPSA) is 56.3 Å². The predicted octanol–water partition coefficient (Wildman–Crippen LogP) is 2.70. The Balaban J connectivity index is 1.97. The molecule has 0 radical (unpaired) electrons. The largest absolute Gasteiger partial charge is 0.477 e. The minimum atomic E-state index is -3.32. The summed E-state index contributed by atoms with van der Waals surface area (Å²) in [5.74, 6) is 0.346. The van der Waals surface area contributed by atoms with Crippen LogP contribution in [0.25, 0.3) is 0 Å². The van der Waals surface area contributed by atoms with Crippen LogP contribution in [0.5, 0.6) is 5.88 Å². The molecule has 1 heterocycles. The van der Waals surface area contributed by atoms with Gasteiger partial charge in [0.2, 0.25) is 5.88 Å². The molecule has 0 aliphatic heterocycles. The molecule has 0 aliphatic carbocycles. The fraction of sp³-hybridized carbons (Fsp3) is 0.154. The molecule has 0 N–H and O–H groups in total. The van der Waals surface area contributed by atoms with Gasteiger partial charge in [-0.25, -0.2) is 13.4 Å². The van der Waals surface area contributed by atoms with Gasteiger partial charge in [-0.15, -0.1) is 0 Å². The normalized spacial score (nSPS) is 11.2. The van der Waals surface area contributed by atoms with E-state index in [0.717, 1.165) is 4.47 Å². The number of halogens is 1. The number of hydrogen-bond acceptors (Lipinski definition) is 4. The number of benzene rings is 1. The Morgan fingerprint density at radius 3 is 2.47 bits per heavy atom. The molecular weight excluding hydrogens is 330 g/mol. The van der Waals surface area contributed by atoms with E-state index >= 15 is 0 Å². The second kappa shape index (κ2) is 6.16. The highest BCUT2D eigenvalue weighted by Crippen LogP contribution is 2.16. The van der Waals surface area contributed by atoms with E-state index in [1.807, 2.05) is 0 Å². The Hall–Kier alpha value is -1.40. The smallest absolute Gasteiger partial charge is 0.213 e. The lowest BCUT2D eigenvalue weighted by atomic mass is 10.4. The van der Waals surface area contributed by atoms with Crippen LogP contribution >= 0.6 is 15.9 Å². The van der Waals surface area contributed by atoms with E-state index in [0.29, 0.717) is 10.8 Å². The molecule has 1 aromatic carbocycles. The van der Waals surface area contributed by atoms with Gasteiger partial charge >= 0.3 is 0 Å². The zero-order valence-corrected chi connectivity index (χ0v) is 12.4. The van der Waals surface area contributed by atoms with Gasteiger partial charge in [-0.2, -0.15) is 0 Å². The highest BCUT2D eigenvalue weighted by molar-refractivity contribution is 9.10. The summed E-state index contributed by atoms with van der Waals surface area (Å²) in [5.41, 5.74) is 0. The molecule has 0 aliphatic rings. The first kappa shape index (κ1) is 14.0. The van der Waals surface area contributed by atoms with Crippen LogP contribution < -0.4 is 4.74 Å². The zero-order valence-electron chi connectivity index (χ0n) is 9.99. The number of sulfone groups is 1. The molecule has 0 saturated carbocycles. The summed E-state index contributed by atoms with van der Waals surface area (Å²) in [6, 6.07) is 11.8. The molecule has 19 heavy (non-hydrogen) atoms. The third kappa shape index (κ3) is 4.04. The van der Waals surface area contributed by atoms with Crippen molar-refractivity contribution in [3.05, 3.63) is 53.1 Å². The van der Waals surface area contributed by atoms with Gasteiger partial charge in [-0.3, -0.25) is 0 Å². The molecule has 4 nitrogen and oxygen atoms in total. The maximum atomic E-state index is 12.0. The van der Waals surface area contributed by atoms with Crippen LogP contribution in [0, 0.1) is 0 Å². The Labute approximate surface area is 120 Å². The SMILES string of the molecule is O=S(=O)(CCOc1ccccn1)c1ccc(Br)cc1. The molecule has 0 fully saturated rings. The second-order valence-electron chi connectivity index (χ2n) is 3.79. The molecule has 100 valence electrons. The maximum absolute atomic E-state index is 12.0. The summed E-state index contributed by atoms with van der Waals surface area (Å²) in [6.07, 6.45) is 1.60. The molecule has 6 heteroatoms. The molecule has 0 saturated heterocycles. The van der Waals surface area contributed by atoms with Gasteiger partial charge in [-0.1, -0.05) is 22.0 Å². The van der Waals surface area contributed by atoms with E-state index in [-0.39, 0.29) is 12.4 Å². The average Bonchev–Trinajstić information content (AvgIpc) is 2.40. The van der Waals surface area contributed by atoms with Crippen LogP contribution in [0.4, 0.5) is 0 Å². The number of rotatable bonds is 5. The van der Waals surface area contributed by atoms with Crippen molar-refractivity contribution < 1.29 is 13.2 Å². The molecule has 0 unspecified atom stereocenters. The standard InChI is InChI=1S/C13H12BrNO3S/c14-11-4-6-12(7-5-11)19(16,17)10-9-18-13-3-1-2-8-15-13/h1-8H,9-10H2. The monoisotopic (exact) mass is 341 g/mol. The van der Waals surface area contributed by atoms with E-state index in [1.165, 1.54) is 0 Å². The van der Waals surface area contributed by atoms with Crippen molar-refractivity contribution in [1.82, 2.24) is 4.98 Å². The minimum Gasteiger partial charge on any atom is -0.477 e. The van der Waals surface area contributed by atoms with Crippen molar-refractivity contribution in [3.63, 3.8) is 0 Å². The molecule has 2 aromatic rings. The third-order valence-electron chi connectivity index (χ3n) is 2.41. The first-order chi connectivity index (χ1) is 9.08. The van der Waals surface area contributed by atoms with Crippen LogP contribution in [0.2, 0.25) is 0 Å². The van der Waals surface area contributed by atoms with Gasteiger partial charge in [0.05, 0.1) is 10.6 Å².